The number of benzene rings is 1. The van der Waals surface area contributed by atoms with Crippen LogP contribution in [0.15, 0.2) is 42.7 Å². The molecule has 1 aliphatic heterocycles. The maximum Gasteiger partial charge on any atom is 0.410 e. The van der Waals surface area contributed by atoms with Gasteiger partial charge in [0.1, 0.15) is 5.60 Å². The topological polar surface area (TPSA) is 84.9 Å². The van der Waals surface area contributed by atoms with Crippen molar-refractivity contribution in [3.63, 3.8) is 0 Å². The quantitative estimate of drug-likeness (QED) is 0.633. The monoisotopic (exact) mass is 452 g/mol. The fourth-order valence-electron chi connectivity index (χ4n) is 4.47. The largest absolute Gasteiger partial charge is 0.465 e. The molecule has 2 aliphatic rings. The molecule has 1 aliphatic carbocycles. The van der Waals surface area contributed by atoms with Crippen LogP contribution < -0.4 is 4.90 Å². The number of anilines is 1. The van der Waals surface area contributed by atoms with Gasteiger partial charge in [0.05, 0.1) is 12.7 Å². The first kappa shape index (κ1) is 23.0. The first-order valence-corrected chi connectivity index (χ1v) is 11.5. The van der Waals surface area contributed by atoms with Crippen LogP contribution in [0.4, 0.5) is 10.7 Å². The van der Waals surface area contributed by atoms with Crippen LogP contribution in [0.25, 0.3) is 0 Å². The van der Waals surface area contributed by atoms with Gasteiger partial charge in [0.15, 0.2) is 0 Å². The van der Waals surface area contributed by atoms with Crippen LogP contribution in [-0.2, 0) is 9.47 Å². The molecule has 0 radical (unpaired) electrons. The number of carbonyl (C=O) groups is 2. The lowest BCUT2D eigenvalue weighted by Crippen LogP contribution is -2.50. The van der Waals surface area contributed by atoms with Gasteiger partial charge in [-0.15, -0.1) is 0 Å². The van der Waals surface area contributed by atoms with E-state index in [-0.39, 0.29) is 18.2 Å². The van der Waals surface area contributed by atoms with E-state index in [1.807, 2.05) is 43.9 Å². The molecule has 8 heteroatoms. The van der Waals surface area contributed by atoms with Gasteiger partial charge in [-0.2, -0.15) is 0 Å². The highest BCUT2D eigenvalue weighted by atomic mass is 16.6. The van der Waals surface area contributed by atoms with Crippen molar-refractivity contribution in [2.75, 3.05) is 25.1 Å². The van der Waals surface area contributed by atoms with Crippen molar-refractivity contribution in [1.82, 2.24) is 14.9 Å². The third-order valence-electron chi connectivity index (χ3n) is 6.15. The summed E-state index contributed by atoms with van der Waals surface area (Å²) in [4.78, 5) is 37.6. The van der Waals surface area contributed by atoms with Gasteiger partial charge in [0.25, 0.3) is 0 Å². The highest BCUT2D eigenvalue weighted by molar-refractivity contribution is 5.88. The SMILES string of the molecule is COC(=O)c1cnc(N2CCC(N(C(=O)OC(C)(C)C)C3CC3c3ccccc3)CC2)nc1. The number of methoxy groups -OCH3 is 1. The van der Waals surface area contributed by atoms with Crippen LogP contribution in [0.3, 0.4) is 0 Å². The molecule has 176 valence electrons. The molecule has 0 N–H and O–H groups in total. The molecular weight excluding hydrogens is 420 g/mol. The van der Waals surface area contributed by atoms with Gasteiger partial charge in [-0.1, -0.05) is 30.3 Å². The Labute approximate surface area is 194 Å². The molecule has 0 bridgehead atoms. The van der Waals surface area contributed by atoms with Crippen molar-refractivity contribution >= 4 is 18.0 Å². The van der Waals surface area contributed by atoms with Gasteiger partial charge in [0.2, 0.25) is 5.95 Å². The molecule has 2 heterocycles. The van der Waals surface area contributed by atoms with Gasteiger partial charge < -0.3 is 19.3 Å². The van der Waals surface area contributed by atoms with E-state index < -0.39 is 11.6 Å². The molecule has 2 aromatic rings. The van der Waals surface area contributed by atoms with E-state index in [1.165, 1.54) is 25.1 Å². The lowest BCUT2D eigenvalue weighted by atomic mass is 10.0. The number of rotatable bonds is 5. The first-order chi connectivity index (χ1) is 15.8. The number of esters is 1. The summed E-state index contributed by atoms with van der Waals surface area (Å²) in [5.74, 6) is 0.482. The van der Waals surface area contributed by atoms with Crippen LogP contribution in [-0.4, -0.2) is 64.8 Å². The van der Waals surface area contributed by atoms with E-state index >= 15 is 0 Å². The zero-order valence-electron chi connectivity index (χ0n) is 19.7. The number of carbonyl (C=O) groups excluding carboxylic acids is 2. The number of ether oxygens (including phenoxy) is 2. The number of hydrogen-bond donors (Lipinski definition) is 0. The van der Waals surface area contributed by atoms with Crippen molar-refractivity contribution in [3.8, 4) is 0 Å². The van der Waals surface area contributed by atoms with Crippen molar-refractivity contribution in [2.45, 2.75) is 63.6 Å². The van der Waals surface area contributed by atoms with E-state index in [0.29, 0.717) is 17.4 Å². The zero-order valence-corrected chi connectivity index (χ0v) is 19.7. The van der Waals surface area contributed by atoms with E-state index in [9.17, 15) is 9.59 Å². The van der Waals surface area contributed by atoms with Crippen LogP contribution in [0, 0.1) is 0 Å². The highest BCUT2D eigenvalue weighted by Gasteiger charge is 2.49. The molecular formula is C25H32N4O4. The average Bonchev–Trinajstić information content (AvgIpc) is 3.59. The van der Waals surface area contributed by atoms with Crippen molar-refractivity contribution in [1.29, 1.82) is 0 Å². The number of hydrogen-bond acceptors (Lipinski definition) is 7. The van der Waals surface area contributed by atoms with Crippen molar-refractivity contribution in [3.05, 3.63) is 53.9 Å². The smallest absolute Gasteiger partial charge is 0.410 e. The Balaban J connectivity index is 1.44. The Bertz CT molecular complexity index is 966. The predicted octanol–water partition coefficient (Wildman–Crippen LogP) is 4.03. The van der Waals surface area contributed by atoms with Crippen LogP contribution in [0.1, 0.15) is 61.9 Å². The van der Waals surface area contributed by atoms with Gasteiger partial charge in [-0.05, 0) is 45.6 Å². The molecule has 2 atom stereocenters. The van der Waals surface area contributed by atoms with Crippen LogP contribution >= 0.6 is 0 Å². The lowest BCUT2D eigenvalue weighted by molar-refractivity contribution is 0.0108. The maximum atomic E-state index is 13.2. The van der Waals surface area contributed by atoms with Gasteiger partial charge in [0, 0.05) is 43.5 Å². The fourth-order valence-corrected chi connectivity index (χ4v) is 4.47. The number of piperidine rings is 1. The molecule has 2 fully saturated rings. The minimum absolute atomic E-state index is 0.101. The summed E-state index contributed by atoms with van der Waals surface area (Å²) in [6.07, 6.45) is 5.31. The molecule has 1 amide bonds. The first-order valence-electron chi connectivity index (χ1n) is 11.5. The molecule has 1 aromatic carbocycles. The summed E-state index contributed by atoms with van der Waals surface area (Å²) in [5, 5.41) is 0. The molecule has 4 rings (SSSR count). The minimum Gasteiger partial charge on any atom is -0.465 e. The number of amides is 1. The second-order valence-corrected chi connectivity index (χ2v) is 9.69. The van der Waals surface area contributed by atoms with Gasteiger partial charge in [-0.25, -0.2) is 19.6 Å². The van der Waals surface area contributed by atoms with Gasteiger partial charge >= 0.3 is 12.1 Å². The third kappa shape index (κ3) is 5.43. The Morgan fingerprint density at radius 1 is 1.06 bits per heavy atom. The molecule has 33 heavy (non-hydrogen) atoms. The minimum atomic E-state index is -0.539. The summed E-state index contributed by atoms with van der Waals surface area (Å²) < 4.78 is 10.5. The Hall–Kier alpha value is -3.16. The second-order valence-electron chi connectivity index (χ2n) is 9.69. The Kier molecular flexibility index (Phi) is 6.54. The lowest BCUT2D eigenvalue weighted by Gasteiger charge is -2.39. The van der Waals surface area contributed by atoms with Crippen molar-refractivity contribution in [2.24, 2.45) is 0 Å². The number of aromatic nitrogens is 2. The molecule has 1 saturated carbocycles. The molecule has 8 nitrogen and oxygen atoms in total. The van der Waals surface area contributed by atoms with Crippen LogP contribution in [0.2, 0.25) is 0 Å². The molecule has 1 aromatic heterocycles. The zero-order chi connectivity index (χ0) is 23.6. The molecule has 0 spiro atoms. The predicted molar refractivity (Wildman–Crippen MR) is 124 cm³/mol. The summed E-state index contributed by atoms with van der Waals surface area (Å²) >= 11 is 0. The van der Waals surface area contributed by atoms with Gasteiger partial charge in [-0.3, -0.25) is 0 Å². The molecule has 1 saturated heterocycles. The van der Waals surface area contributed by atoms with Crippen molar-refractivity contribution < 1.29 is 19.1 Å². The third-order valence-corrected chi connectivity index (χ3v) is 6.15. The Morgan fingerprint density at radius 2 is 1.70 bits per heavy atom. The normalized spacial score (nSPS) is 20.8. The number of nitrogens with zero attached hydrogens (tertiary/aromatic N) is 4. The highest BCUT2D eigenvalue weighted by Crippen LogP contribution is 2.46. The summed E-state index contributed by atoms with van der Waals surface area (Å²) in [6.45, 7) is 7.17. The Morgan fingerprint density at radius 3 is 2.27 bits per heavy atom. The van der Waals surface area contributed by atoms with E-state index in [4.69, 9.17) is 9.47 Å². The summed E-state index contributed by atoms with van der Waals surface area (Å²) in [6, 6.07) is 10.6. The average molecular weight is 453 g/mol. The maximum absolute atomic E-state index is 13.2. The summed E-state index contributed by atoms with van der Waals surface area (Å²) in [5.41, 5.74) is 1.06. The standard InChI is InChI=1S/C25H32N4O4/c1-25(2,3)33-24(31)29(21-14-20(21)17-8-6-5-7-9-17)19-10-12-28(13-11-19)23-26-15-18(16-27-23)22(30)32-4/h5-9,15-16,19-21H,10-14H2,1-4H3. The molecule has 2 unspecified atom stereocenters. The van der Waals surface area contributed by atoms with E-state index in [1.54, 1.807) is 0 Å². The summed E-state index contributed by atoms with van der Waals surface area (Å²) in [7, 11) is 1.33. The fraction of sp³-hybridized carbons (Fsp3) is 0.520. The van der Waals surface area contributed by atoms with E-state index in [0.717, 1.165) is 32.4 Å². The van der Waals surface area contributed by atoms with E-state index in [2.05, 4.69) is 27.0 Å². The second kappa shape index (κ2) is 9.37. The van der Waals surface area contributed by atoms with Crippen LogP contribution in [0.5, 0.6) is 0 Å².